The van der Waals surface area contributed by atoms with Crippen LogP contribution in [0.15, 0.2) is 0 Å². The molecular formula is C11H20N2O4. The van der Waals surface area contributed by atoms with E-state index in [1.165, 1.54) is 0 Å². The summed E-state index contributed by atoms with van der Waals surface area (Å²) in [6.45, 7) is 3.64. The lowest BCUT2D eigenvalue weighted by Gasteiger charge is -2.31. The van der Waals surface area contributed by atoms with E-state index in [0.29, 0.717) is 32.9 Å². The van der Waals surface area contributed by atoms with E-state index in [0.717, 1.165) is 6.54 Å². The lowest BCUT2D eigenvalue weighted by Crippen LogP contribution is -2.45. The lowest BCUT2D eigenvalue weighted by atomic mass is 10.2. The highest BCUT2D eigenvalue weighted by molar-refractivity contribution is 4.89. The molecule has 2 unspecified atom stereocenters. The van der Waals surface area contributed by atoms with Gasteiger partial charge in [0.15, 0.2) is 6.10 Å². The van der Waals surface area contributed by atoms with Crippen molar-refractivity contribution >= 4 is 0 Å². The summed E-state index contributed by atoms with van der Waals surface area (Å²) in [5, 5.41) is 18.5. The van der Waals surface area contributed by atoms with Gasteiger partial charge in [-0.3, -0.25) is 4.90 Å². The molecule has 0 amide bonds. The van der Waals surface area contributed by atoms with Crippen molar-refractivity contribution in [3.63, 3.8) is 0 Å². The Balaban J connectivity index is 2.12. The third-order valence-corrected chi connectivity index (χ3v) is 2.51. The fourth-order valence-electron chi connectivity index (χ4n) is 1.66. The minimum Gasteiger partial charge on any atom is -0.389 e. The Kier molecular flexibility index (Phi) is 7.08. The van der Waals surface area contributed by atoms with E-state index in [1.54, 1.807) is 7.11 Å². The minimum absolute atomic E-state index is 0.290. The molecule has 1 saturated heterocycles. The van der Waals surface area contributed by atoms with Crippen molar-refractivity contribution in [2.24, 2.45) is 0 Å². The second kappa shape index (κ2) is 8.39. The van der Waals surface area contributed by atoms with Crippen LogP contribution in [-0.4, -0.2) is 75.4 Å². The summed E-state index contributed by atoms with van der Waals surface area (Å²) in [4.78, 5) is 2.02. The highest BCUT2D eigenvalue weighted by Crippen LogP contribution is 2.05. The monoisotopic (exact) mass is 244 g/mol. The zero-order chi connectivity index (χ0) is 12.5. The molecule has 0 radical (unpaired) electrons. The highest BCUT2D eigenvalue weighted by Gasteiger charge is 2.21. The highest BCUT2D eigenvalue weighted by atomic mass is 16.5. The van der Waals surface area contributed by atoms with Gasteiger partial charge in [-0.1, -0.05) is 0 Å². The average Bonchev–Trinajstić information content (AvgIpc) is 2.35. The van der Waals surface area contributed by atoms with Gasteiger partial charge < -0.3 is 19.3 Å². The van der Waals surface area contributed by atoms with E-state index in [-0.39, 0.29) is 12.7 Å². The smallest absolute Gasteiger partial charge is 0.156 e. The van der Waals surface area contributed by atoms with Crippen LogP contribution in [-0.2, 0) is 14.2 Å². The zero-order valence-electron chi connectivity index (χ0n) is 10.2. The number of nitriles is 1. The molecule has 0 bridgehead atoms. The Morgan fingerprint density at radius 3 is 3.12 bits per heavy atom. The van der Waals surface area contributed by atoms with Gasteiger partial charge in [0, 0.05) is 26.7 Å². The van der Waals surface area contributed by atoms with Crippen LogP contribution in [0, 0.1) is 11.3 Å². The molecule has 2 atom stereocenters. The number of nitrogens with zero attached hydrogens (tertiary/aromatic N) is 2. The molecule has 6 nitrogen and oxygen atoms in total. The van der Waals surface area contributed by atoms with Crippen LogP contribution in [0.2, 0.25) is 0 Å². The van der Waals surface area contributed by atoms with Crippen molar-refractivity contribution in [2.75, 3.05) is 53.2 Å². The molecule has 0 aromatic carbocycles. The van der Waals surface area contributed by atoms with E-state index in [2.05, 4.69) is 6.07 Å². The predicted octanol–water partition coefficient (Wildman–Crippen LogP) is -0.765. The van der Waals surface area contributed by atoms with E-state index in [4.69, 9.17) is 19.5 Å². The second-order valence-electron chi connectivity index (χ2n) is 3.97. The largest absolute Gasteiger partial charge is 0.389 e. The van der Waals surface area contributed by atoms with Crippen molar-refractivity contribution < 1.29 is 19.3 Å². The van der Waals surface area contributed by atoms with Crippen molar-refractivity contribution in [1.29, 1.82) is 5.26 Å². The Labute approximate surface area is 102 Å². The number of aliphatic hydroxyl groups excluding tert-OH is 1. The Morgan fingerprint density at radius 2 is 2.41 bits per heavy atom. The molecule has 0 aliphatic carbocycles. The maximum atomic E-state index is 9.73. The summed E-state index contributed by atoms with van der Waals surface area (Å²) in [6.07, 6.45) is -0.922. The summed E-state index contributed by atoms with van der Waals surface area (Å²) in [6, 6.07) is 2.07. The molecule has 0 aromatic heterocycles. The van der Waals surface area contributed by atoms with Gasteiger partial charge in [-0.2, -0.15) is 5.26 Å². The number of aliphatic hydroxyl groups is 1. The maximum absolute atomic E-state index is 9.73. The molecule has 6 heteroatoms. The van der Waals surface area contributed by atoms with E-state index >= 15 is 0 Å². The van der Waals surface area contributed by atoms with Gasteiger partial charge >= 0.3 is 0 Å². The van der Waals surface area contributed by atoms with Crippen LogP contribution in [0.5, 0.6) is 0 Å². The topological polar surface area (TPSA) is 74.9 Å². The molecule has 1 N–H and O–H groups in total. The van der Waals surface area contributed by atoms with Crippen LogP contribution in [0.1, 0.15) is 0 Å². The summed E-state index contributed by atoms with van der Waals surface area (Å²) in [7, 11) is 1.61. The number of rotatable bonds is 7. The fourth-order valence-corrected chi connectivity index (χ4v) is 1.66. The SMILES string of the molecule is COCCOCC(O)CN1CCOC(C#N)C1. The summed E-state index contributed by atoms with van der Waals surface area (Å²) >= 11 is 0. The molecule has 98 valence electrons. The van der Waals surface area contributed by atoms with Crippen LogP contribution in [0.25, 0.3) is 0 Å². The first kappa shape index (κ1) is 14.4. The molecule has 0 spiro atoms. The van der Waals surface area contributed by atoms with Crippen molar-refractivity contribution in [3.05, 3.63) is 0 Å². The number of hydrogen-bond donors (Lipinski definition) is 1. The predicted molar refractivity (Wildman–Crippen MR) is 60.5 cm³/mol. The quantitative estimate of drug-likeness (QED) is 0.593. The maximum Gasteiger partial charge on any atom is 0.156 e. The first-order valence-electron chi connectivity index (χ1n) is 5.74. The van der Waals surface area contributed by atoms with Crippen LogP contribution in [0.3, 0.4) is 0 Å². The molecule has 1 heterocycles. The van der Waals surface area contributed by atoms with Gasteiger partial charge in [-0.15, -0.1) is 0 Å². The first-order valence-corrected chi connectivity index (χ1v) is 5.74. The van der Waals surface area contributed by atoms with E-state index in [1.807, 2.05) is 4.90 Å². The normalized spacial score (nSPS) is 23.2. The molecule has 1 rings (SSSR count). The minimum atomic E-state index is -0.538. The summed E-state index contributed by atoms with van der Waals surface area (Å²) in [5.74, 6) is 0. The third-order valence-electron chi connectivity index (χ3n) is 2.51. The Hall–Kier alpha value is -0.710. The zero-order valence-corrected chi connectivity index (χ0v) is 10.2. The number of β-amino-alcohol motifs (C(OH)–C–C–N with tert-alkyl or cyclic N) is 1. The summed E-state index contributed by atoms with van der Waals surface area (Å²) < 4.78 is 15.3. The average molecular weight is 244 g/mol. The molecule has 1 aliphatic rings. The number of hydrogen-bond acceptors (Lipinski definition) is 6. The van der Waals surface area contributed by atoms with Crippen LogP contribution in [0.4, 0.5) is 0 Å². The molecule has 0 saturated carbocycles. The standard InChI is InChI=1S/C11H20N2O4/c1-15-4-5-16-9-10(14)7-13-2-3-17-11(6-12)8-13/h10-11,14H,2-5,7-9H2,1H3. The van der Waals surface area contributed by atoms with Gasteiger partial charge in [-0.25, -0.2) is 0 Å². The molecule has 17 heavy (non-hydrogen) atoms. The van der Waals surface area contributed by atoms with Crippen molar-refractivity contribution in [1.82, 2.24) is 4.90 Å². The number of ether oxygens (including phenoxy) is 3. The lowest BCUT2D eigenvalue weighted by molar-refractivity contribution is -0.0366. The van der Waals surface area contributed by atoms with Crippen LogP contribution < -0.4 is 0 Å². The Morgan fingerprint density at radius 1 is 1.59 bits per heavy atom. The van der Waals surface area contributed by atoms with Crippen LogP contribution >= 0.6 is 0 Å². The molecule has 0 aromatic rings. The van der Waals surface area contributed by atoms with Crippen molar-refractivity contribution in [3.8, 4) is 6.07 Å². The fraction of sp³-hybridized carbons (Fsp3) is 0.909. The Bertz CT molecular complexity index is 244. The summed E-state index contributed by atoms with van der Waals surface area (Å²) in [5.41, 5.74) is 0. The van der Waals surface area contributed by atoms with Gasteiger partial charge in [0.25, 0.3) is 0 Å². The number of methoxy groups -OCH3 is 1. The molecule has 1 fully saturated rings. The van der Waals surface area contributed by atoms with Gasteiger partial charge in [-0.05, 0) is 0 Å². The van der Waals surface area contributed by atoms with E-state index in [9.17, 15) is 5.11 Å². The molecular weight excluding hydrogens is 224 g/mol. The molecule has 1 aliphatic heterocycles. The number of morpholine rings is 1. The second-order valence-corrected chi connectivity index (χ2v) is 3.97. The van der Waals surface area contributed by atoms with Gasteiger partial charge in [0.1, 0.15) is 0 Å². The third kappa shape index (κ3) is 5.96. The first-order chi connectivity index (χ1) is 8.26. The van der Waals surface area contributed by atoms with Gasteiger partial charge in [0.05, 0.1) is 38.6 Å². The van der Waals surface area contributed by atoms with E-state index < -0.39 is 6.10 Å². The van der Waals surface area contributed by atoms with Crippen molar-refractivity contribution in [2.45, 2.75) is 12.2 Å². The van der Waals surface area contributed by atoms with Gasteiger partial charge in [0.2, 0.25) is 0 Å².